The summed E-state index contributed by atoms with van der Waals surface area (Å²) in [7, 11) is 0. The average Bonchev–Trinajstić information content (AvgIpc) is 2.70. The molecule has 1 aromatic heterocycles. The van der Waals surface area contributed by atoms with E-state index in [1.807, 2.05) is 6.92 Å². The van der Waals surface area contributed by atoms with Crippen LogP contribution >= 0.6 is 11.3 Å². The number of thiazole rings is 1. The number of hydrogen-bond acceptors (Lipinski definition) is 4. The summed E-state index contributed by atoms with van der Waals surface area (Å²) in [5.74, 6) is -1.14. The molecule has 0 radical (unpaired) electrons. The molecular formula is C12H17N3O3S. The maximum atomic E-state index is 11.8. The molecule has 1 saturated heterocycles. The van der Waals surface area contributed by atoms with Gasteiger partial charge in [-0.25, -0.2) is 9.78 Å². The normalized spacial score (nSPS) is 16.8. The molecule has 6 nitrogen and oxygen atoms in total. The first-order chi connectivity index (χ1) is 8.97. The van der Waals surface area contributed by atoms with Gasteiger partial charge in [0.15, 0.2) is 0 Å². The van der Waals surface area contributed by atoms with Crippen LogP contribution in [-0.4, -0.2) is 40.1 Å². The topological polar surface area (TPSA) is 82.5 Å². The molecule has 104 valence electrons. The van der Waals surface area contributed by atoms with Crippen LogP contribution in [0, 0.1) is 18.8 Å². The Balaban J connectivity index is 1.73. The minimum atomic E-state index is -0.802. The second-order valence-corrected chi connectivity index (χ2v) is 6.13. The highest BCUT2D eigenvalue weighted by molar-refractivity contribution is 7.11. The molecule has 0 aromatic carbocycles. The minimum absolute atomic E-state index is 0.0605. The number of likely N-dealkylation sites (tertiary alicyclic amines) is 1. The third kappa shape index (κ3) is 3.23. The number of hydrogen-bond donors (Lipinski definition) is 2. The molecule has 2 amide bonds. The van der Waals surface area contributed by atoms with Crippen molar-refractivity contribution in [3.63, 3.8) is 0 Å². The van der Waals surface area contributed by atoms with Gasteiger partial charge in [0.05, 0.1) is 12.5 Å². The van der Waals surface area contributed by atoms with E-state index in [0.29, 0.717) is 19.6 Å². The van der Waals surface area contributed by atoms with Gasteiger partial charge in [0.2, 0.25) is 0 Å². The zero-order valence-corrected chi connectivity index (χ0v) is 11.7. The largest absolute Gasteiger partial charge is 0.481 e. The van der Waals surface area contributed by atoms with Crippen molar-refractivity contribution in [2.45, 2.75) is 20.4 Å². The van der Waals surface area contributed by atoms with Crippen molar-refractivity contribution in [3.8, 4) is 0 Å². The molecule has 1 aliphatic rings. The van der Waals surface area contributed by atoms with Crippen LogP contribution in [-0.2, 0) is 11.3 Å². The van der Waals surface area contributed by atoms with Gasteiger partial charge in [-0.05, 0) is 6.92 Å². The fourth-order valence-electron chi connectivity index (χ4n) is 1.94. The first-order valence-corrected chi connectivity index (χ1v) is 6.96. The van der Waals surface area contributed by atoms with Crippen LogP contribution in [0.4, 0.5) is 4.79 Å². The van der Waals surface area contributed by atoms with E-state index in [1.165, 1.54) is 0 Å². The van der Waals surface area contributed by atoms with E-state index in [0.717, 1.165) is 9.88 Å². The highest BCUT2D eigenvalue weighted by atomic mass is 32.1. The summed E-state index contributed by atoms with van der Waals surface area (Å²) in [6, 6.07) is -0.151. The molecule has 0 spiro atoms. The smallest absolute Gasteiger partial charge is 0.317 e. The second kappa shape index (κ2) is 5.56. The van der Waals surface area contributed by atoms with Crippen molar-refractivity contribution in [2.75, 3.05) is 13.1 Å². The molecule has 1 atom stereocenters. The predicted molar refractivity (Wildman–Crippen MR) is 70.9 cm³/mol. The first kappa shape index (κ1) is 13.8. The lowest BCUT2D eigenvalue weighted by Gasteiger charge is -2.40. The van der Waals surface area contributed by atoms with Crippen molar-refractivity contribution in [3.05, 3.63) is 16.1 Å². The quantitative estimate of drug-likeness (QED) is 0.873. The van der Waals surface area contributed by atoms with Gasteiger partial charge in [-0.3, -0.25) is 4.79 Å². The van der Waals surface area contributed by atoms with E-state index in [1.54, 1.807) is 29.4 Å². The number of aliphatic carboxylic acids is 1. The molecule has 0 saturated carbocycles. The van der Waals surface area contributed by atoms with Gasteiger partial charge in [-0.15, -0.1) is 11.3 Å². The van der Waals surface area contributed by atoms with Crippen LogP contribution in [0.15, 0.2) is 6.20 Å². The Hall–Kier alpha value is -1.63. The van der Waals surface area contributed by atoms with Gasteiger partial charge in [0, 0.05) is 30.1 Å². The minimum Gasteiger partial charge on any atom is -0.481 e. The summed E-state index contributed by atoms with van der Waals surface area (Å²) in [5.41, 5.74) is 0. The number of amides is 2. The van der Waals surface area contributed by atoms with Crippen LogP contribution in [0.25, 0.3) is 0 Å². The Morgan fingerprint density at radius 3 is 2.84 bits per heavy atom. The van der Waals surface area contributed by atoms with Gasteiger partial charge in [0.1, 0.15) is 5.01 Å². The molecule has 1 unspecified atom stereocenters. The summed E-state index contributed by atoms with van der Waals surface area (Å²) in [4.78, 5) is 29.5. The average molecular weight is 283 g/mol. The van der Waals surface area contributed by atoms with E-state index in [9.17, 15) is 9.59 Å². The SMILES string of the molecule is Cc1cnc(CNC(=O)N2CC(C(C)C(=O)O)C2)s1. The van der Waals surface area contributed by atoms with E-state index in [2.05, 4.69) is 10.3 Å². The van der Waals surface area contributed by atoms with E-state index in [4.69, 9.17) is 5.11 Å². The number of rotatable bonds is 4. The Labute approximate surface area is 115 Å². The lowest BCUT2D eigenvalue weighted by molar-refractivity contribution is -0.144. The molecule has 1 aliphatic heterocycles. The van der Waals surface area contributed by atoms with Crippen molar-refractivity contribution in [1.82, 2.24) is 15.2 Å². The monoisotopic (exact) mass is 283 g/mol. The number of carbonyl (C=O) groups is 2. The Morgan fingerprint density at radius 1 is 1.63 bits per heavy atom. The Morgan fingerprint density at radius 2 is 2.32 bits per heavy atom. The zero-order valence-electron chi connectivity index (χ0n) is 10.9. The fourth-order valence-corrected chi connectivity index (χ4v) is 2.67. The number of carboxylic acids is 1. The fraction of sp³-hybridized carbons (Fsp3) is 0.583. The van der Waals surface area contributed by atoms with Crippen LogP contribution in [0.5, 0.6) is 0 Å². The Kier molecular flexibility index (Phi) is 4.04. The molecule has 1 aromatic rings. The van der Waals surface area contributed by atoms with Crippen molar-refractivity contribution < 1.29 is 14.7 Å². The molecule has 1 fully saturated rings. The summed E-state index contributed by atoms with van der Waals surface area (Å²) in [6.07, 6.45) is 1.78. The van der Waals surface area contributed by atoms with Crippen LogP contribution in [0.1, 0.15) is 16.8 Å². The van der Waals surface area contributed by atoms with Crippen LogP contribution in [0.3, 0.4) is 0 Å². The molecular weight excluding hydrogens is 266 g/mol. The highest BCUT2D eigenvalue weighted by Crippen LogP contribution is 2.24. The number of aryl methyl sites for hydroxylation is 1. The zero-order chi connectivity index (χ0) is 14.0. The molecule has 2 N–H and O–H groups in total. The maximum Gasteiger partial charge on any atom is 0.317 e. The molecule has 0 bridgehead atoms. The van der Waals surface area contributed by atoms with Crippen molar-refractivity contribution in [2.24, 2.45) is 11.8 Å². The molecule has 2 rings (SSSR count). The molecule has 0 aliphatic carbocycles. The molecule has 2 heterocycles. The van der Waals surface area contributed by atoms with Gasteiger partial charge >= 0.3 is 12.0 Å². The lowest BCUT2D eigenvalue weighted by atomic mass is 9.87. The van der Waals surface area contributed by atoms with E-state index in [-0.39, 0.29) is 11.9 Å². The summed E-state index contributed by atoms with van der Waals surface area (Å²) in [5, 5.41) is 12.5. The number of carbonyl (C=O) groups excluding carboxylic acids is 1. The maximum absolute atomic E-state index is 11.8. The number of nitrogens with one attached hydrogen (secondary N) is 1. The van der Waals surface area contributed by atoms with Crippen molar-refractivity contribution >= 4 is 23.3 Å². The summed E-state index contributed by atoms with van der Waals surface area (Å²) >= 11 is 1.55. The third-order valence-electron chi connectivity index (χ3n) is 3.35. The first-order valence-electron chi connectivity index (χ1n) is 6.14. The summed E-state index contributed by atoms with van der Waals surface area (Å²) in [6.45, 7) is 5.09. The van der Waals surface area contributed by atoms with Crippen molar-refractivity contribution in [1.29, 1.82) is 0 Å². The van der Waals surface area contributed by atoms with Gasteiger partial charge in [-0.2, -0.15) is 0 Å². The highest BCUT2D eigenvalue weighted by Gasteiger charge is 2.37. The summed E-state index contributed by atoms with van der Waals surface area (Å²) < 4.78 is 0. The van der Waals surface area contributed by atoms with Gasteiger partial charge in [-0.1, -0.05) is 6.92 Å². The van der Waals surface area contributed by atoms with Gasteiger partial charge < -0.3 is 15.3 Å². The standard InChI is InChI=1S/C12H17N3O3S/c1-7-3-13-10(19-7)4-14-12(18)15-5-9(6-15)8(2)11(16)17/h3,8-9H,4-6H2,1-2H3,(H,14,18)(H,16,17). The number of aromatic nitrogens is 1. The number of urea groups is 1. The van der Waals surface area contributed by atoms with Gasteiger partial charge in [0.25, 0.3) is 0 Å². The number of nitrogens with zero attached hydrogens (tertiary/aromatic N) is 2. The van der Waals surface area contributed by atoms with Crippen LogP contribution in [0.2, 0.25) is 0 Å². The third-order valence-corrected chi connectivity index (χ3v) is 4.27. The molecule has 7 heteroatoms. The van der Waals surface area contributed by atoms with E-state index >= 15 is 0 Å². The molecule has 19 heavy (non-hydrogen) atoms. The lowest BCUT2D eigenvalue weighted by Crippen LogP contribution is -2.56. The predicted octanol–water partition coefficient (Wildman–Crippen LogP) is 1.31. The second-order valence-electron chi connectivity index (χ2n) is 4.82. The Bertz CT molecular complexity index is 482. The number of carboxylic acid groups (broad SMARTS) is 1. The van der Waals surface area contributed by atoms with E-state index < -0.39 is 11.9 Å². The van der Waals surface area contributed by atoms with Crippen LogP contribution < -0.4 is 5.32 Å².